The Labute approximate surface area is 109 Å². The molecule has 1 aliphatic heterocycles. The summed E-state index contributed by atoms with van der Waals surface area (Å²) in [7, 11) is 0. The summed E-state index contributed by atoms with van der Waals surface area (Å²) in [5.41, 5.74) is 2.61. The lowest BCUT2D eigenvalue weighted by atomic mass is 9.99. The molecule has 2 rings (SSSR count). The van der Waals surface area contributed by atoms with Crippen molar-refractivity contribution in [3.05, 3.63) is 29.3 Å². The molecular weight excluding hydrogens is 226 g/mol. The van der Waals surface area contributed by atoms with Crippen LogP contribution in [0.25, 0.3) is 0 Å². The normalized spacial score (nSPS) is 17.1. The van der Waals surface area contributed by atoms with Gasteiger partial charge in [-0.25, -0.2) is 0 Å². The summed E-state index contributed by atoms with van der Waals surface area (Å²) in [5.74, 6) is 1.03. The van der Waals surface area contributed by atoms with E-state index < -0.39 is 0 Å². The largest absolute Gasteiger partial charge is 0.493 e. The lowest BCUT2D eigenvalue weighted by Gasteiger charge is -2.23. The van der Waals surface area contributed by atoms with Crippen LogP contribution in [-0.2, 0) is 6.42 Å². The number of aliphatic hydroxyl groups excluding tert-OH is 1. The zero-order valence-electron chi connectivity index (χ0n) is 11.3. The van der Waals surface area contributed by atoms with Gasteiger partial charge >= 0.3 is 0 Å². The van der Waals surface area contributed by atoms with Gasteiger partial charge in [-0.3, -0.25) is 0 Å². The molecule has 3 heteroatoms. The fraction of sp³-hybridized carbons (Fsp3) is 0.600. The summed E-state index contributed by atoms with van der Waals surface area (Å²) in [6, 6.07) is 6.94. The molecule has 18 heavy (non-hydrogen) atoms. The molecule has 0 aliphatic carbocycles. The third kappa shape index (κ3) is 2.85. The number of hydrogen-bond acceptors (Lipinski definition) is 3. The van der Waals surface area contributed by atoms with E-state index in [2.05, 4.69) is 37.4 Å². The fourth-order valence-corrected chi connectivity index (χ4v) is 2.46. The Bertz CT molecular complexity index is 388. The van der Waals surface area contributed by atoms with Crippen LogP contribution in [0, 0.1) is 0 Å². The third-order valence-corrected chi connectivity index (χ3v) is 3.67. The van der Waals surface area contributed by atoms with Gasteiger partial charge in [0.1, 0.15) is 5.75 Å². The summed E-state index contributed by atoms with van der Waals surface area (Å²) >= 11 is 0. The minimum Gasteiger partial charge on any atom is -0.493 e. The highest BCUT2D eigenvalue weighted by Gasteiger charge is 2.17. The quantitative estimate of drug-likeness (QED) is 0.813. The van der Waals surface area contributed by atoms with Gasteiger partial charge in [0.15, 0.2) is 0 Å². The van der Waals surface area contributed by atoms with Crippen LogP contribution in [0.15, 0.2) is 18.2 Å². The number of rotatable bonds is 6. The third-order valence-electron chi connectivity index (χ3n) is 3.67. The Morgan fingerprint density at radius 3 is 2.83 bits per heavy atom. The fourth-order valence-electron chi connectivity index (χ4n) is 2.46. The highest BCUT2D eigenvalue weighted by molar-refractivity contribution is 5.40. The molecule has 0 aromatic heterocycles. The van der Waals surface area contributed by atoms with Crippen LogP contribution in [0.3, 0.4) is 0 Å². The molecule has 0 fully saturated rings. The predicted molar refractivity (Wildman–Crippen MR) is 73.0 cm³/mol. The average Bonchev–Trinajstić information content (AvgIpc) is 2.87. The van der Waals surface area contributed by atoms with Gasteiger partial charge < -0.3 is 15.2 Å². The number of fused-ring (bicyclic) bond motifs is 1. The van der Waals surface area contributed by atoms with Crippen LogP contribution in [-0.4, -0.2) is 24.4 Å². The molecule has 0 saturated heterocycles. The van der Waals surface area contributed by atoms with Gasteiger partial charge in [-0.1, -0.05) is 26.0 Å². The Balaban J connectivity index is 2.12. The summed E-state index contributed by atoms with van der Waals surface area (Å²) < 4.78 is 5.53. The second-order valence-corrected chi connectivity index (χ2v) is 4.88. The van der Waals surface area contributed by atoms with Gasteiger partial charge in [0.05, 0.1) is 13.2 Å². The van der Waals surface area contributed by atoms with Gasteiger partial charge in [-0.2, -0.15) is 0 Å². The second-order valence-electron chi connectivity index (χ2n) is 4.88. The van der Waals surface area contributed by atoms with E-state index in [1.54, 1.807) is 0 Å². The van der Waals surface area contributed by atoms with E-state index in [4.69, 9.17) is 4.74 Å². The van der Waals surface area contributed by atoms with E-state index >= 15 is 0 Å². The Morgan fingerprint density at radius 2 is 2.17 bits per heavy atom. The van der Waals surface area contributed by atoms with Crippen LogP contribution in [0.1, 0.15) is 43.9 Å². The number of aliphatic hydroxyl groups is 1. The highest BCUT2D eigenvalue weighted by atomic mass is 16.5. The number of nitrogens with one attached hydrogen (secondary N) is 1. The van der Waals surface area contributed by atoms with Gasteiger partial charge in [0.25, 0.3) is 0 Å². The predicted octanol–water partition coefficient (Wildman–Crippen LogP) is 2.43. The molecule has 0 bridgehead atoms. The number of ether oxygens (including phenoxy) is 1. The van der Waals surface area contributed by atoms with Crippen molar-refractivity contribution in [2.75, 3.05) is 13.2 Å². The molecule has 0 saturated carbocycles. The molecule has 1 aromatic carbocycles. The first-order chi connectivity index (χ1) is 8.78. The van der Waals surface area contributed by atoms with E-state index in [1.165, 1.54) is 11.1 Å². The highest BCUT2D eigenvalue weighted by Crippen LogP contribution is 2.29. The van der Waals surface area contributed by atoms with Crippen molar-refractivity contribution >= 4 is 0 Å². The van der Waals surface area contributed by atoms with Crippen LogP contribution in [0.4, 0.5) is 0 Å². The minimum atomic E-state index is 0.180. The molecule has 0 spiro atoms. The zero-order valence-corrected chi connectivity index (χ0v) is 11.3. The minimum absolute atomic E-state index is 0.180. The lowest BCUT2D eigenvalue weighted by molar-refractivity contribution is 0.226. The summed E-state index contributed by atoms with van der Waals surface area (Å²) in [6.07, 6.45) is 2.98. The van der Waals surface area contributed by atoms with E-state index in [-0.39, 0.29) is 12.6 Å². The Kier molecular flexibility index (Phi) is 4.61. The van der Waals surface area contributed by atoms with Crippen molar-refractivity contribution in [3.8, 4) is 5.75 Å². The second kappa shape index (κ2) is 6.21. The molecule has 2 N–H and O–H groups in total. The number of benzene rings is 1. The molecule has 0 amide bonds. The standard InChI is InChI=1S/C15H23NO2/c1-3-13(10-17)16-14(4-2)11-5-6-15-12(9-11)7-8-18-15/h5-6,9,13-14,16-17H,3-4,7-8,10H2,1-2H3/t13-,14?/m0/s1. The monoisotopic (exact) mass is 249 g/mol. The van der Waals surface area contributed by atoms with Crippen molar-refractivity contribution in [2.45, 2.75) is 45.2 Å². The molecular formula is C15H23NO2. The van der Waals surface area contributed by atoms with Crippen molar-refractivity contribution in [2.24, 2.45) is 0 Å². The van der Waals surface area contributed by atoms with Gasteiger partial charge in [0.2, 0.25) is 0 Å². The molecule has 100 valence electrons. The van der Waals surface area contributed by atoms with Gasteiger partial charge in [-0.05, 0) is 30.0 Å². The summed E-state index contributed by atoms with van der Waals surface area (Å²) in [4.78, 5) is 0. The number of hydrogen-bond donors (Lipinski definition) is 2. The van der Waals surface area contributed by atoms with Crippen molar-refractivity contribution in [1.29, 1.82) is 0 Å². The molecule has 1 heterocycles. The smallest absolute Gasteiger partial charge is 0.122 e. The zero-order chi connectivity index (χ0) is 13.0. The van der Waals surface area contributed by atoms with Crippen molar-refractivity contribution in [3.63, 3.8) is 0 Å². The summed E-state index contributed by atoms with van der Waals surface area (Å²) in [5, 5.41) is 12.8. The lowest BCUT2D eigenvalue weighted by Crippen LogP contribution is -2.34. The van der Waals surface area contributed by atoms with Crippen LogP contribution in [0.2, 0.25) is 0 Å². The van der Waals surface area contributed by atoms with Crippen molar-refractivity contribution < 1.29 is 9.84 Å². The molecule has 1 aliphatic rings. The van der Waals surface area contributed by atoms with Gasteiger partial charge in [-0.15, -0.1) is 0 Å². The van der Waals surface area contributed by atoms with Crippen LogP contribution in [0.5, 0.6) is 5.75 Å². The van der Waals surface area contributed by atoms with Crippen molar-refractivity contribution in [1.82, 2.24) is 5.32 Å². The van der Waals surface area contributed by atoms with E-state index in [1.807, 2.05) is 0 Å². The molecule has 0 radical (unpaired) electrons. The first-order valence-electron chi connectivity index (χ1n) is 6.91. The first-order valence-corrected chi connectivity index (χ1v) is 6.91. The first kappa shape index (κ1) is 13.4. The van der Waals surface area contributed by atoms with Crippen LogP contribution >= 0.6 is 0 Å². The summed E-state index contributed by atoms with van der Waals surface area (Å²) in [6.45, 7) is 5.26. The Morgan fingerprint density at radius 1 is 1.33 bits per heavy atom. The Hall–Kier alpha value is -1.06. The topological polar surface area (TPSA) is 41.5 Å². The maximum Gasteiger partial charge on any atom is 0.122 e. The average molecular weight is 249 g/mol. The SMILES string of the molecule is CCC(N[C@@H](CC)CO)c1ccc2c(c1)CCO2. The maximum absolute atomic E-state index is 9.29. The molecule has 2 atom stereocenters. The van der Waals surface area contributed by atoms with E-state index in [9.17, 15) is 5.11 Å². The van der Waals surface area contributed by atoms with Crippen LogP contribution < -0.4 is 10.1 Å². The van der Waals surface area contributed by atoms with E-state index in [0.717, 1.165) is 31.6 Å². The van der Waals surface area contributed by atoms with E-state index in [0.29, 0.717) is 6.04 Å². The maximum atomic E-state index is 9.29. The molecule has 3 nitrogen and oxygen atoms in total. The molecule has 1 aromatic rings. The molecule has 1 unspecified atom stereocenters. The van der Waals surface area contributed by atoms with Gasteiger partial charge in [0, 0.05) is 18.5 Å².